The molecule has 0 aliphatic carbocycles. The van der Waals surface area contributed by atoms with Gasteiger partial charge in [-0.1, -0.05) is 25.8 Å². The van der Waals surface area contributed by atoms with Crippen LogP contribution in [0.3, 0.4) is 0 Å². The number of unbranched alkanes of at least 4 members (excludes halogenated alkanes) is 1. The standard InChI is InChI=1S/C13H26O4Si/c1-5-9-11-18(16-7-3,17-8-4)12-15-13(14)10-6-2/h6,10H,5,7-9,11-12H2,1-4H3. The minimum atomic E-state index is -2.39. The van der Waals surface area contributed by atoms with Gasteiger partial charge in [0.25, 0.3) is 0 Å². The third kappa shape index (κ3) is 6.93. The number of carbonyl (C=O) groups is 1. The molecular formula is C13H26O4Si. The van der Waals surface area contributed by atoms with E-state index in [0.29, 0.717) is 13.2 Å². The molecule has 5 heteroatoms. The molecule has 0 aliphatic heterocycles. The summed E-state index contributed by atoms with van der Waals surface area (Å²) in [6.07, 6.45) is 5.47. The Hall–Kier alpha value is -0.653. The summed E-state index contributed by atoms with van der Waals surface area (Å²) in [7, 11) is -2.39. The molecule has 0 spiro atoms. The summed E-state index contributed by atoms with van der Waals surface area (Å²) in [5.41, 5.74) is 0. The topological polar surface area (TPSA) is 44.8 Å². The quantitative estimate of drug-likeness (QED) is 0.349. The van der Waals surface area contributed by atoms with Crippen LogP contribution in [0.1, 0.15) is 40.5 Å². The van der Waals surface area contributed by atoms with Crippen LogP contribution in [0.4, 0.5) is 0 Å². The van der Waals surface area contributed by atoms with Gasteiger partial charge in [-0.25, -0.2) is 4.79 Å². The van der Waals surface area contributed by atoms with Crippen molar-refractivity contribution < 1.29 is 18.4 Å². The molecule has 0 aromatic carbocycles. The molecule has 0 unspecified atom stereocenters. The summed E-state index contributed by atoms with van der Waals surface area (Å²) in [5, 5.41) is 0. The second-order valence-electron chi connectivity index (χ2n) is 3.99. The Morgan fingerprint density at radius 2 is 1.78 bits per heavy atom. The van der Waals surface area contributed by atoms with Crippen molar-refractivity contribution in [3.8, 4) is 0 Å². The van der Waals surface area contributed by atoms with Gasteiger partial charge in [0.1, 0.15) is 6.23 Å². The second kappa shape index (κ2) is 10.3. The van der Waals surface area contributed by atoms with Crippen LogP contribution in [0.2, 0.25) is 6.04 Å². The lowest BCUT2D eigenvalue weighted by atomic mass is 10.4. The van der Waals surface area contributed by atoms with Crippen LogP contribution in [0.15, 0.2) is 12.2 Å². The van der Waals surface area contributed by atoms with E-state index in [9.17, 15) is 4.79 Å². The summed E-state index contributed by atoms with van der Waals surface area (Å²) >= 11 is 0. The van der Waals surface area contributed by atoms with Crippen LogP contribution in [0, 0.1) is 0 Å². The van der Waals surface area contributed by atoms with Crippen molar-refractivity contribution in [1.82, 2.24) is 0 Å². The zero-order chi connectivity index (χ0) is 13.9. The first kappa shape index (κ1) is 17.3. The van der Waals surface area contributed by atoms with E-state index >= 15 is 0 Å². The van der Waals surface area contributed by atoms with Gasteiger partial charge < -0.3 is 13.6 Å². The highest BCUT2D eigenvalue weighted by Gasteiger charge is 2.38. The number of hydrogen-bond acceptors (Lipinski definition) is 4. The third-order valence-electron chi connectivity index (χ3n) is 2.46. The summed E-state index contributed by atoms with van der Waals surface area (Å²) in [5.74, 6) is -0.328. The van der Waals surface area contributed by atoms with Crippen molar-refractivity contribution in [3.63, 3.8) is 0 Å². The molecule has 0 aliphatic rings. The molecule has 106 valence electrons. The number of esters is 1. The minimum Gasteiger partial charge on any atom is -0.461 e. The number of rotatable bonds is 10. The Kier molecular flexibility index (Phi) is 9.91. The SMILES string of the molecule is CC=CC(=O)OC[Si](CCCC)(OCC)OCC. The molecule has 0 N–H and O–H groups in total. The highest BCUT2D eigenvalue weighted by Crippen LogP contribution is 2.18. The van der Waals surface area contributed by atoms with Crippen molar-refractivity contribution in [1.29, 1.82) is 0 Å². The van der Waals surface area contributed by atoms with Gasteiger partial charge in [0, 0.05) is 19.3 Å². The number of carbonyl (C=O) groups excluding carboxylic acids is 1. The fraction of sp³-hybridized carbons (Fsp3) is 0.769. The highest BCUT2D eigenvalue weighted by molar-refractivity contribution is 6.67. The summed E-state index contributed by atoms with van der Waals surface area (Å²) in [4.78, 5) is 11.4. The third-order valence-corrected chi connectivity index (χ3v) is 5.79. The van der Waals surface area contributed by atoms with Crippen LogP contribution in [0.25, 0.3) is 0 Å². The first-order valence-corrected chi connectivity index (χ1v) is 8.94. The molecule has 0 saturated carbocycles. The fourth-order valence-electron chi connectivity index (χ4n) is 1.68. The maximum atomic E-state index is 11.4. The van der Waals surface area contributed by atoms with Crippen LogP contribution in [0.5, 0.6) is 0 Å². The lowest BCUT2D eigenvalue weighted by Gasteiger charge is -2.29. The smallest absolute Gasteiger partial charge is 0.377 e. The van der Waals surface area contributed by atoms with E-state index in [-0.39, 0.29) is 12.2 Å². The van der Waals surface area contributed by atoms with Gasteiger partial charge in [-0.2, -0.15) is 0 Å². The molecule has 0 radical (unpaired) electrons. The van der Waals surface area contributed by atoms with Gasteiger partial charge in [0.15, 0.2) is 0 Å². The molecule has 0 bridgehead atoms. The molecule has 0 rings (SSSR count). The average Bonchev–Trinajstić information content (AvgIpc) is 2.35. The Bertz CT molecular complexity index is 247. The molecule has 0 aromatic rings. The Morgan fingerprint density at radius 3 is 2.22 bits per heavy atom. The van der Waals surface area contributed by atoms with Crippen molar-refractivity contribution >= 4 is 14.5 Å². The molecule has 0 fully saturated rings. The van der Waals surface area contributed by atoms with E-state index < -0.39 is 8.56 Å². The predicted molar refractivity (Wildman–Crippen MR) is 74.5 cm³/mol. The average molecular weight is 274 g/mol. The van der Waals surface area contributed by atoms with Gasteiger partial charge in [0.05, 0.1) is 0 Å². The maximum Gasteiger partial charge on any atom is 0.377 e. The molecular weight excluding hydrogens is 248 g/mol. The molecule has 4 nitrogen and oxygen atoms in total. The molecule has 0 atom stereocenters. The Labute approximate surface area is 112 Å². The van der Waals surface area contributed by atoms with Crippen molar-refractivity contribution in [2.75, 3.05) is 19.4 Å². The highest BCUT2D eigenvalue weighted by atomic mass is 28.4. The van der Waals surface area contributed by atoms with Crippen molar-refractivity contribution in [3.05, 3.63) is 12.2 Å². The summed E-state index contributed by atoms with van der Waals surface area (Å²) in [6, 6.07) is 0.869. The Morgan fingerprint density at radius 1 is 1.17 bits per heavy atom. The van der Waals surface area contributed by atoms with Gasteiger partial charge in [-0.15, -0.1) is 0 Å². The van der Waals surface area contributed by atoms with E-state index in [1.54, 1.807) is 13.0 Å². The van der Waals surface area contributed by atoms with Gasteiger partial charge in [-0.05, 0) is 26.8 Å². The van der Waals surface area contributed by atoms with Crippen molar-refractivity contribution in [2.45, 2.75) is 46.6 Å². The normalized spacial score (nSPS) is 12.0. The van der Waals surface area contributed by atoms with Crippen LogP contribution >= 0.6 is 0 Å². The Balaban J connectivity index is 4.53. The maximum absolute atomic E-state index is 11.4. The van der Waals surface area contributed by atoms with Gasteiger partial charge >= 0.3 is 14.5 Å². The summed E-state index contributed by atoms with van der Waals surface area (Å²) < 4.78 is 16.9. The zero-order valence-corrected chi connectivity index (χ0v) is 13.0. The molecule has 18 heavy (non-hydrogen) atoms. The zero-order valence-electron chi connectivity index (χ0n) is 12.0. The van der Waals surface area contributed by atoms with E-state index in [0.717, 1.165) is 18.9 Å². The van der Waals surface area contributed by atoms with E-state index in [4.69, 9.17) is 13.6 Å². The van der Waals surface area contributed by atoms with Crippen LogP contribution in [-0.2, 0) is 18.4 Å². The fourth-order valence-corrected chi connectivity index (χ4v) is 4.67. The van der Waals surface area contributed by atoms with E-state index in [1.807, 2.05) is 13.8 Å². The van der Waals surface area contributed by atoms with Crippen LogP contribution < -0.4 is 0 Å². The molecule has 0 heterocycles. The first-order chi connectivity index (χ1) is 8.64. The minimum absolute atomic E-state index is 0.276. The molecule has 0 amide bonds. The summed E-state index contributed by atoms with van der Waals surface area (Å²) in [6.45, 7) is 8.99. The predicted octanol–water partition coefficient (Wildman–Crippen LogP) is 2.96. The number of ether oxygens (including phenoxy) is 1. The van der Waals surface area contributed by atoms with Gasteiger partial charge in [0.2, 0.25) is 0 Å². The second-order valence-corrected chi connectivity index (χ2v) is 7.18. The van der Waals surface area contributed by atoms with Gasteiger partial charge in [-0.3, -0.25) is 0 Å². The van der Waals surface area contributed by atoms with Crippen LogP contribution in [-0.4, -0.2) is 34.0 Å². The van der Waals surface area contributed by atoms with E-state index in [1.165, 1.54) is 6.08 Å². The number of hydrogen-bond donors (Lipinski definition) is 0. The lowest BCUT2D eigenvalue weighted by molar-refractivity contribution is -0.136. The largest absolute Gasteiger partial charge is 0.461 e. The lowest BCUT2D eigenvalue weighted by Crippen LogP contribution is -2.48. The molecule has 0 aromatic heterocycles. The van der Waals surface area contributed by atoms with E-state index in [2.05, 4.69) is 6.92 Å². The number of allylic oxidation sites excluding steroid dienone is 1. The van der Waals surface area contributed by atoms with Crippen molar-refractivity contribution in [2.24, 2.45) is 0 Å². The monoisotopic (exact) mass is 274 g/mol. The first-order valence-electron chi connectivity index (χ1n) is 6.71. The molecule has 0 saturated heterocycles.